The van der Waals surface area contributed by atoms with Gasteiger partial charge in [0.1, 0.15) is 0 Å². The smallest absolute Gasteiger partial charge is 0.0660 e. The second-order valence-corrected chi connectivity index (χ2v) is 3.53. The van der Waals surface area contributed by atoms with Crippen molar-refractivity contribution >= 4 is 38.9 Å². The highest BCUT2D eigenvalue weighted by molar-refractivity contribution is 7.14. The van der Waals surface area contributed by atoms with Crippen molar-refractivity contribution in [1.29, 1.82) is 0 Å². The molecule has 0 aliphatic rings. The van der Waals surface area contributed by atoms with Crippen molar-refractivity contribution in [3.05, 3.63) is 33.8 Å². The average molecular weight is 211 g/mol. The van der Waals surface area contributed by atoms with Gasteiger partial charge in [-0.3, -0.25) is 0 Å². The number of fused-ring (bicyclic) bond motifs is 1. The molecule has 0 bridgehead atoms. The third kappa shape index (κ3) is 1.33. The molecular formula is C7H3ClN4S. The van der Waals surface area contributed by atoms with Crippen molar-refractivity contribution in [3.8, 4) is 0 Å². The van der Waals surface area contributed by atoms with E-state index in [1.807, 2.05) is 0 Å². The van der Waals surface area contributed by atoms with Crippen molar-refractivity contribution in [2.75, 3.05) is 0 Å². The van der Waals surface area contributed by atoms with Crippen LogP contribution in [0.5, 0.6) is 0 Å². The van der Waals surface area contributed by atoms with Gasteiger partial charge in [0.2, 0.25) is 0 Å². The van der Waals surface area contributed by atoms with Gasteiger partial charge in [0.25, 0.3) is 0 Å². The largest absolute Gasteiger partial charge is 0.200 e. The molecule has 1 aromatic carbocycles. The van der Waals surface area contributed by atoms with Crippen LogP contribution >= 0.6 is 23.1 Å². The number of azide groups is 1. The quantitative estimate of drug-likeness (QED) is 0.400. The second kappa shape index (κ2) is 3.22. The van der Waals surface area contributed by atoms with E-state index >= 15 is 0 Å². The normalized spacial score (nSPS) is 9.92. The number of rotatable bonds is 1. The summed E-state index contributed by atoms with van der Waals surface area (Å²) in [6.45, 7) is 0. The van der Waals surface area contributed by atoms with Crippen LogP contribution in [0.25, 0.3) is 20.5 Å². The molecule has 0 radical (unpaired) electrons. The first-order chi connectivity index (χ1) is 6.33. The Morgan fingerprint density at radius 1 is 1.54 bits per heavy atom. The van der Waals surface area contributed by atoms with Crippen LogP contribution < -0.4 is 0 Å². The monoisotopic (exact) mass is 210 g/mol. The Hall–Kier alpha value is -1.29. The van der Waals surface area contributed by atoms with Gasteiger partial charge in [0, 0.05) is 10.3 Å². The lowest BCUT2D eigenvalue weighted by molar-refractivity contribution is 1.53. The minimum Gasteiger partial charge on any atom is -0.200 e. The fraction of sp³-hybridized carbons (Fsp3) is 0. The lowest BCUT2D eigenvalue weighted by atomic mass is 10.2. The Morgan fingerprint density at radius 3 is 3.15 bits per heavy atom. The van der Waals surface area contributed by atoms with Gasteiger partial charge >= 0.3 is 0 Å². The van der Waals surface area contributed by atoms with E-state index in [9.17, 15) is 0 Å². The van der Waals surface area contributed by atoms with E-state index in [1.54, 1.807) is 18.3 Å². The molecule has 0 amide bonds. The fourth-order valence-corrected chi connectivity index (χ4v) is 2.03. The minimum atomic E-state index is 0.574. The highest BCUT2D eigenvalue weighted by atomic mass is 35.5. The zero-order valence-corrected chi connectivity index (χ0v) is 7.88. The molecule has 0 aliphatic carbocycles. The lowest BCUT2D eigenvalue weighted by Gasteiger charge is -1.94. The number of hydrogen-bond donors (Lipinski definition) is 0. The first kappa shape index (κ1) is 8.31. The van der Waals surface area contributed by atoms with E-state index in [-0.39, 0.29) is 0 Å². The lowest BCUT2D eigenvalue weighted by Crippen LogP contribution is -1.66. The van der Waals surface area contributed by atoms with Crippen molar-refractivity contribution in [2.24, 2.45) is 5.11 Å². The molecular weight excluding hydrogens is 208 g/mol. The molecule has 2 aromatic rings. The number of aromatic nitrogens is 1. The fourth-order valence-electron chi connectivity index (χ4n) is 1.04. The SMILES string of the molecule is [N-]=[N+]=Nc1ccc(Cl)c2cnsc12. The summed E-state index contributed by atoms with van der Waals surface area (Å²) in [6, 6.07) is 3.38. The topological polar surface area (TPSA) is 61.7 Å². The molecule has 0 atom stereocenters. The molecule has 0 fully saturated rings. The van der Waals surface area contributed by atoms with Crippen LogP contribution in [0.1, 0.15) is 0 Å². The number of hydrogen-bond acceptors (Lipinski definition) is 3. The van der Waals surface area contributed by atoms with Gasteiger partial charge in [0.05, 0.1) is 21.6 Å². The summed E-state index contributed by atoms with van der Waals surface area (Å²) in [4.78, 5) is 2.73. The van der Waals surface area contributed by atoms with E-state index in [4.69, 9.17) is 17.1 Å². The zero-order chi connectivity index (χ0) is 9.26. The average Bonchev–Trinajstić information content (AvgIpc) is 2.59. The molecule has 0 aliphatic heterocycles. The van der Waals surface area contributed by atoms with Gasteiger partial charge < -0.3 is 0 Å². The number of benzene rings is 1. The summed E-state index contributed by atoms with van der Waals surface area (Å²) in [5.41, 5.74) is 8.87. The molecule has 13 heavy (non-hydrogen) atoms. The predicted octanol–water partition coefficient (Wildman–Crippen LogP) is 3.89. The molecule has 1 aromatic heterocycles. The first-order valence-corrected chi connectivity index (χ1v) is 4.56. The highest BCUT2D eigenvalue weighted by Crippen LogP contribution is 2.34. The summed E-state index contributed by atoms with van der Waals surface area (Å²) in [7, 11) is 0. The Bertz CT molecular complexity index is 500. The molecule has 4 nitrogen and oxygen atoms in total. The number of halogens is 1. The van der Waals surface area contributed by atoms with Crippen LogP contribution in [0.2, 0.25) is 5.02 Å². The van der Waals surface area contributed by atoms with E-state index < -0.39 is 0 Å². The maximum atomic E-state index is 8.30. The van der Waals surface area contributed by atoms with Gasteiger partial charge in [-0.25, -0.2) is 0 Å². The second-order valence-electron chi connectivity index (χ2n) is 2.32. The molecule has 1 heterocycles. The Morgan fingerprint density at radius 2 is 2.38 bits per heavy atom. The van der Waals surface area contributed by atoms with Crippen LogP contribution in [0.4, 0.5) is 5.69 Å². The maximum absolute atomic E-state index is 8.30. The van der Waals surface area contributed by atoms with Crippen molar-refractivity contribution in [2.45, 2.75) is 0 Å². The highest BCUT2D eigenvalue weighted by Gasteiger charge is 2.04. The van der Waals surface area contributed by atoms with Gasteiger partial charge in [-0.05, 0) is 29.2 Å². The summed E-state index contributed by atoms with van der Waals surface area (Å²) in [5.74, 6) is 0. The first-order valence-electron chi connectivity index (χ1n) is 3.41. The third-order valence-corrected chi connectivity index (χ3v) is 2.75. The molecule has 0 saturated heterocycles. The van der Waals surface area contributed by atoms with Crippen molar-refractivity contribution in [1.82, 2.24) is 4.37 Å². The van der Waals surface area contributed by atoms with E-state index in [1.165, 1.54) is 11.5 Å². The molecule has 6 heteroatoms. The van der Waals surface area contributed by atoms with Gasteiger partial charge in [-0.2, -0.15) is 4.37 Å². The van der Waals surface area contributed by atoms with Crippen LogP contribution in [0.15, 0.2) is 23.4 Å². The standard InChI is InChI=1S/C7H3ClN4S/c8-5-1-2-6(11-12-9)7-4(5)3-10-13-7/h1-3H. The van der Waals surface area contributed by atoms with Crippen LogP contribution in [0, 0.1) is 0 Å². The third-order valence-electron chi connectivity index (χ3n) is 1.60. The molecule has 2 rings (SSSR count). The molecule has 64 valence electrons. The summed E-state index contributed by atoms with van der Waals surface area (Å²) < 4.78 is 4.80. The molecule has 0 spiro atoms. The van der Waals surface area contributed by atoms with Crippen LogP contribution in [-0.2, 0) is 0 Å². The predicted molar refractivity (Wildman–Crippen MR) is 53.4 cm³/mol. The van der Waals surface area contributed by atoms with Gasteiger partial charge in [0.15, 0.2) is 0 Å². The Labute approximate surface area is 82.6 Å². The maximum Gasteiger partial charge on any atom is 0.0660 e. The number of nitrogens with zero attached hydrogens (tertiary/aromatic N) is 4. The van der Waals surface area contributed by atoms with E-state index in [0.717, 1.165) is 10.1 Å². The van der Waals surface area contributed by atoms with Crippen LogP contribution in [0.3, 0.4) is 0 Å². The molecule has 0 saturated carbocycles. The van der Waals surface area contributed by atoms with E-state index in [2.05, 4.69) is 14.4 Å². The van der Waals surface area contributed by atoms with Gasteiger partial charge in [-0.1, -0.05) is 16.7 Å². The Kier molecular flexibility index (Phi) is 2.06. The molecule has 0 N–H and O–H groups in total. The van der Waals surface area contributed by atoms with E-state index in [0.29, 0.717) is 10.7 Å². The summed E-state index contributed by atoms with van der Waals surface area (Å²) >= 11 is 7.17. The van der Waals surface area contributed by atoms with Crippen LogP contribution in [-0.4, -0.2) is 4.37 Å². The molecule has 0 unspecified atom stereocenters. The summed E-state index contributed by atoms with van der Waals surface area (Å²) in [6.07, 6.45) is 1.67. The van der Waals surface area contributed by atoms with Gasteiger partial charge in [-0.15, -0.1) is 0 Å². The van der Waals surface area contributed by atoms with Crippen molar-refractivity contribution in [3.63, 3.8) is 0 Å². The van der Waals surface area contributed by atoms with Crippen molar-refractivity contribution < 1.29 is 0 Å². The summed E-state index contributed by atoms with van der Waals surface area (Å²) in [5, 5.41) is 5.00. The Balaban J connectivity index is 2.85. The zero-order valence-electron chi connectivity index (χ0n) is 6.31. The minimum absolute atomic E-state index is 0.574.